The highest BCUT2D eigenvalue weighted by molar-refractivity contribution is 5.81. The number of hydrogen-bond donors (Lipinski definition) is 1. The van der Waals surface area contributed by atoms with Crippen LogP contribution in [0.1, 0.15) is 45.4 Å². The van der Waals surface area contributed by atoms with Gasteiger partial charge in [0.05, 0.1) is 7.11 Å². The molecule has 110 valence electrons. The van der Waals surface area contributed by atoms with Gasteiger partial charge in [0, 0.05) is 12.1 Å². The van der Waals surface area contributed by atoms with E-state index in [-0.39, 0.29) is 5.97 Å². The molecule has 2 fully saturated rings. The Morgan fingerprint density at radius 2 is 2.11 bits per heavy atom. The molecule has 3 atom stereocenters. The van der Waals surface area contributed by atoms with Crippen molar-refractivity contribution in [2.75, 3.05) is 21.2 Å². The number of ether oxygens (including phenoxy) is 1. The predicted molar refractivity (Wildman–Crippen MR) is 76.0 cm³/mol. The van der Waals surface area contributed by atoms with Gasteiger partial charge in [-0.25, -0.2) is 0 Å². The van der Waals surface area contributed by atoms with Crippen molar-refractivity contribution in [3.63, 3.8) is 0 Å². The minimum atomic E-state index is -0.477. The summed E-state index contributed by atoms with van der Waals surface area (Å²) in [4.78, 5) is 14.6. The van der Waals surface area contributed by atoms with Crippen LogP contribution >= 0.6 is 0 Å². The number of carbonyl (C=O) groups excluding carboxylic acids is 1. The van der Waals surface area contributed by atoms with Crippen molar-refractivity contribution in [3.05, 3.63) is 0 Å². The van der Waals surface area contributed by atoms with Crippen molar-refractivity contribution in [1.82, 2.24) is 10.2 Å². The normalized spacial score (nSPS) is 33.2. The molecule has 0 radical (unpaired) electrons. The molecule has 0 bridgehead atoms. The van der Waals surface area contributed by atoms with E-state index in [0.717, 1.165) is 25.2 Å². The molecule has 0 amide bonds. The van der Waals surface area contributed by atoms with E-state index in [1.807, 2.05) is 7.05 Å². The Bertz CT molecular complexity index is 330. The SMILES string of the molecule is CNC1(C(=O)OC)CCCC(N(C)C(C)C2CC2)C1. The van der Waals surface area contributed by atoms with Crippen LogP contribution in [0.3, 0.4) is 0 Å². The van der Waals surface area contributed by atoms with Crippen LogP contribution in [0.2, 0.25) is 0 Å². The second-order valence-corrected chi connectivity index (χ2v) is 6.32. The number of nitrogens with one attached hydrogen (secondary N) is 1. The summed E-state index contributed by atoms with van der Waals surface area (Å²) in [5.41, 5.74) is -0.477. The van der Waals surface area contributed by atoms with E-state index in [1.165, 1.54) is 26.4 Å². The van der Waals surface area contributed by atoms with Gasteiger partial charge in [-0.3, -0.25) is 4.79 Å². The number of nitrogens with zero attached hydrogens (tertiary/aromatic N) is 1. The summed E-state index contributed by atoms with van der Waals surface area (Å²) in [7, 11) is 5.59. The lowest BCUT2D eigenvalue weighted by Crippen LogP contribution is -2.58. The van der Waals surface area contributed by atoms with E-state index in [0.29, 0.717) is 12.1 Å². The lowest BCUT2D eigenvalue weighted by molar-refractivity contribution is -0.151. The van der Waals surface area contributed by atoms with E-state index in [9.17, 15) is 4.79 Å². The summed E-state index contributed by atoms with van der Waals surface area (Å²) in [5.74, 6) is 0.765. The van der Waals surface area contributed by atoms with Crippen LogP contribution in [0.4, 0.5) is 0 Å². The van der Waals surface area contributed by atoms with Crippen LogP contribution in [0.15, 0.2) is 0 Å². The number of hydrogen-bond acceptors (Lipinski definition) is 4. The second kappa shape index (κ2) is 5.80. The number of methoxy groups -OCH3 is 1. The highest BCUT2D eigenvalue weighted by Gasteiger charge is 2.45. The molecular weight excluding hydrogens is 240 g/mol. The molecule has 3 unspecified atom stereocenters. The zero-order valence-corrected chi connectivity index (χ0v) is 12.7. The molecule has 0 aromatic rings. The van der Waals surface area contributed by atoms with Crippen LogP contribution in [0.25, 0.3) is 0 Å². The van der Waals surface area contributed by atoms with E-state index in [4.69, 9.17) is 4.74 Å². The maximum atomic E-state index is 12.1. The minimum absolute atomic E-state index is 0.104. The number of rotatable bonds is 5. The molecule has 0 aliphatic heterocycles. The molecule has 19 heavy (non-hydrogen) atoms. The summed E-state index contributed by atoms with van der Waals surface area (Å²) < 4.78 is 5.01. The smallest absolute Gasteiger partial charge is 0.326 e. The topological polar surface area (TPSA) is 41.6 Å². The second-order valence-electron chi connectivity index (χ2n) is 6.32. The average Bonchev–Trinajstić information content (AvgIpc) is 3.29. The first kappa shape index (κ1) is 14.8. The summed E-state index contributed by atoms with van der Waals surface area (Å²) in [6.07, 6.45) is 6.76. The Morgan fingerprint density at radius 1 is 1.42 bits per heavy atom. The minimum Gasteiger partial charge on any atom is -0.468 e. The predicted octanol–water partition coefficient (Wildman–Crippen LogP) is 1.79. The highest BCUT2D eigenvalue weighted by atomic mass is 16.5. The number of likely N-dealkylation sites (N-methyl/N-ethyl adjacent to an activating group) is 1. The molecule has 0 aromatic carbocycles. The van der Waals surface area contributed by atoms with Gasteiger partial charge in [0.25, 0.3) is 0 Å². The summed E-state index contributed by atoms with van der Waals surface area (Å²) in [6.45, 7) is 2.32. The maximum absolute atomic E-state index is 12.1. The molecule has 2 aliphatic carbocycles. The third-order valence-electron chi connectivity index (χ3n) is 5.30. The van der Waals surface area contributed by atoms with Gasteiger partial charge in [0.15, 0.2) is 0 Å². The van der Waals surface area contributed by atoms with Crippen molar-refractivity contribution in [3.8, 4) is 0 Å². The van der Waals surface area contributed by atoms with Crippen molar-refractivity contribution in [2.45, 2.75) is 63.1 Å². The number of carbonyl (C=O) groups is 1. The first-order valence-corrected chi connectivity index (χ1v) is 7.53. The van der Waals surface area contributed by atoms with Gasteiger partial charge in [0.2, 0.25) is 0 Å². The Hall–Kier alpha value is -0.610. The van der Waals surface area contributed by atoms with Gasteiger partial charge in [-0.15, -0.1) is 0 Å². The molecule has 4 nitrogen and oxygen atoms in total. The molecule has 1 N–H and O–H groups in total. The quantitative estimate of drug-likeness (QED) is 0.772. The number of esters is 1. The van der Waals surface area contributed by atoms with Gasteiger partial charge in [-0.05, 0) is 65.5 Å². The zero-order chi connectivity index (χ0) is 14.0. The van der Waals surface area contributed by atoms with Crippen molar-refractivity contribution < 1.29 is 9.53 Å². The first-order chi connectivity index (χ1) is 9.04. The van der Waals surface area contributed by atoms with E-state index < -0.39 is 5.54 Å². The molecule has 0 saturated heterocycles. The fourth-order valence-corrected chi connectivity index (χ4v) is 3.55. The van der Waals surface area contributed by atoms with Crippen molar-refractivity contribution in [1.29, 1.82) is 0 Å². The van der Waals surface area contributed by atoms with Crippen LogP contribution in [-0.2, 0) is 9.53 Å². The molecule has 4 heteroatoms. The van der Waals surface area contributed by atoms with Crippen molar-refractivity contribution >= 4 is 5.97 Å². The lowest BCUT2D eigenvalue weighted by Gasteiger charge is -2.43. The third kappa shape index (κ3) is 2.95. The Labute approximate surface area is 116 Å². The molecule has 0 spiro atoms. The largest absolute Gasteiger partial charge is 0.468 e. The Morgan fingerprint density at radius 3 is 2.63 bits per heavy atom. The lowest BCUT2D eigenvalue weighted by atomic mass is 9.78. The summed E-state index contributed by atoms with van der Waals surface area (Å²) in [6, 6.07) is 1.12. The van der Waals surface area contributed by atoms with Crippen LogP contribution in [0.5, 0.6) is 0 Å². The summed E-state index contributed by atoms with van der Waals surface area (Å²) >= 11 is 0. The summed E-state index contributed by atoms with van der Waals surface area (Å²) in [5, 5.41) is 3.24. The van der Waals surface area contributed by atoms with Gasteiger partial charge in [-0.2, -0.15) is 0 Å². The molecule has 2 saturated carbocycles. The molecular formula is C15H28N2O2. The van der Waals surface area contributed by atoms with E-state index in [2.05, 4.69) is 24.2 Å². The van der Waals surface area contributed by atoms with Gasteiger partial charge in [-0.1, -0.05) is 0 Å². The van der Waals surface area contributed by atoms with E-state index in [1.54, 1.807) is 0 Å². The van der Waals surface area contributed by atoms with Gasteiger partial charge >= 0.3 is 5.97 Å². The third-order valence-corrected chi connectivity index (χ3v) is 5.30. The van der Waals surface area contributed by atoms with Gasteiger partial charge in [0.1, 0.15) is 5.54 Å². The maximum Gasteiger partial charge on any atom is 0.326 e. The first-order valence-electron chi connectivity index (χ1n) is 7.53. The van der Waals surface area contributed by atoms with Crippen LogP contribution in [0, 0.1) is 5.92 Å². The molecule has 2 rings (SSSR count). The standard InChI is InChI=1S/C15H28N2O2/c1-11(12-7-8-12)17(3)13-6-5-9-15(10-13,16-2)14(18)19-4/h11-13,16H,5-10H2,1-4H3. The Balaban J connectivity index is 2.04. The van der Waals surface area contributed by atoms with Gasteiger partial charge < -0.3 is 15.0 Å². The monoisotopic (exact) mass is 268 g/mol. The van der Waals surface area contributed by atoms with Crippen LogP contribution < -0.4 is 5.32 Å². The Kier molecular flexibility index (Phi) is 4.51. The fraction of sp³-hybridized carbons (Fsp3) is 0.933. The molecule has 2 aliphatic rings. The molecule has 0 aromatic heterocycles. The fourth-order valence-electron chi connectivity index (χ4n) is 3.55. The highest BCUT2D eigenvalue weighted by Crippen LogP contribution is 2.38. The molecule has 0 heterocycles. The zero-order valence-electron chi connectivity index (χ0n) is 12.7. The van der Waals surface area contributed by atoms with Crippen LogP contribution in [-0.4, -0.2) is 49.7 Å². The van der Waals surface area contributed by atoms with E-state index >= 15 is 0 Å². The van der Waals surface area contributed by atoms with Crippen molar-refractivity contribution in [2.24, 2.45) is 5.92 Å². The average molecular weight is 268 g/mol.